The molecule has 1 aliphatic heterocycles. The van der Waals surface area contributed by atoms with Crippen molar-refractivity contribution in [1.82, 2.24) is 10.6 Å². The first-order chi connectivity index (χ1) is 11.3. The van der Waals surface area contributed by atoms with Crippen LogP contribution in [0.5, 0.6) is 0 Å². The summed E-state index contributed by atoms with van der Waals surface area (Å²) >= 11 is 0. The average molecular weight is 312 g/mol. The van der Waals surface area contributed by atoms with E-state index in [0.29, 0.717) is 17.9 Å². The number of amides is 1. The molecular weight excluding hydrogens is 284 g/mol. The van der Waals surface area contributed by atoms with Crippen molar-refractivity contribution in [2.24, 2.45) is 17.3 Å². The molecule has 3 unspecified atom stereocenters. The Balaban J connectivity index is 1.54. The fourth-order valence-electron chi connectivity index (χ4n) is 5.28. The van der Waals surface area contributed by atoms with Gasteiger partial charge in [-0.2, -0.15) is 0 Å². The summed E-state index contributed by atoms with van der Waals surface area (Å²) in [5, 5.41) is 6.82. The maximum atomic E-state index is 13.3. The van der Waals surface area contributed by atoms with E-state index in [9.17, 15) is 4.79 Å². The Morgan fingerprint density at radius 2 is 2.09 bits per heavy atom. The largest absolute Gasteiger partial charge is 0.352 e. The molecule has 1 aromatic rings. The van der Waals surface area contributed by atoms with Crippen LogP contribution in [-0.4, -0.2) is 25.0 Å². The van der Waals surface area contributed by atoms with Gasteiger partial charge in [0.05, 0.1) is 5.41 Å². The van der Waals surface area contributed by atoms with Crippen molar-refractivity contribution in [3.05, 3.63) is 35.9 Å². The highest BCUT2D eigenvalue weighted by atomic mass is 16.2. The molecular formula is C20H28N2O. The van der Waals surface area contributed by atoms with Gasteiger partial charge >= 0.3 is 0 Å². The summed E-state index contributed by atoms with van der Waals surface area (Å²) in [5.74, 6) is 1.70. The zero-order valence-electron chi connectivity index (χ0n) is 13.9. The van der Waals surface area contributed by atoms with Crippen LogP contribution in [0.25, 0.3) is 0 Å². The van der Waals surface area contributed by atoms with E-state index in [-0.39, 0.29) is 5.41 Å². The molecule has 0 radical (unpaired) electrons. The lowest BCUT2D eigenvalue weighted by molar-refractivity contribution is -0.135. The number of rotatable bonds is 4. The molecule has 1 heterocycles. The van der Waals surface area contributed by atoms with Crippen molar-refractivity contribution in [3.8, 4) is 0 Å². The molecule has 3 fully saturated rings. The molecule has 1 aromatic carbocycles. The Morgan fingerprint density at radius 3 is 2.74 bits per heavy atom. The van der Waals surface area contributed by atoms with Gasteiger partial charge in [-0.25, -0.2) is 0 Å². The SMILES string of the molecule is O=C(N[C@H]1CCCNC1)C1(Cc2ccccc2)CC2CCC1C2. The first-order valence-electron chi connectivity index (χ1n) is 9.32. The van der Waals surface area contributed by atoms with Crippen LogP contribution >= 0.6 is 0 Å². The second-order valence-corrected chi connectivity index (χ2v) is 7.92. The summed E-state index contributed by atoms with van der Waals surface area (Å²) in [4.78, 5) is 13.3. The van der Waals surface area contributed by atoms with Gasteiger partial charge in [-0.3, -0.25) is 4.79 Å². The Bertz CT molecular complexity index is 552. The van der Waals surface area contributed by atoms with Gasteiger partial charge in [0.2, 0.25) is 5.91 Å². The molecule has 4 atom stereocenters. The summed E-state index contributed by atoms with van der Waals surface area (Å²) in [6.07, 6.45) is 8.15. The molecule has 2 aliphatic carbocycles. The number of nitrogens with one attached hydrogen (secondary N) is 2. The normalized spacial score (nSPS) is 36.1. The summed E-state index contributed by atoms with van der Waals surface area (Å²) in [5.41, 5.74) is 1.17. The fourth-order valence-corrected chi connectivity index (χ4v) is 5.28. The maximum absolute atomic E-state index is 13.3. The average Bonchev–Trinajstić information content (AvgIpc) is 3.18. The van der Waals surface area contributed by atoms with E-state index in [4.69, 9.17) is 0 Å². The number of hydrogen-bond donors (Lipinski definition) is 2. The Kier molecular flexibility index (Phi) is 4.14. The van der Waals surface area contributed by atoms with Crippen LogP contribution in [0, 0.1) is 17.3 Å². The Labute approximate surface area is 139 Å². The van der Waals surface area contributed by atoms with Crippen molar-refractivity contribution >= 4 is 5.91 Å². The lowest BCUT2D eigenvalue weighted by Gasteiger charge is -2.38. The van der Waals surface area contributed by atoms with Gasteiger partial charge < -0.3 is 10.6 Å². The molecule has 0 aromatic heterocycles. The second-order valence-electron chi connectivity index (χ2n) is 7.92. The lowest BCUT2D eigenvalue weighted by atomic mass is 9.68. The van der Waals surface area contributed by atoms with Crippen LogP contribution in [0.15, 0.2) is 30.3 Å². The Morgan fingerprint density at radius 1 is 1.22 bits per heavy atom. The van der Waals surface area contributed by atoms with Crippen LogP contribution in [0.1, 0.15) is 44.1 Å². The molecule has 4 rings (SSSR count). The predicted octanol–water partition coefficient (Wildman–Crippen LogP) is 2.90. The standard InChI is InChI=1S/C20H28N2O/c23-19(22-18-7-4-10-21-14-18)20(12-15-5-2-1-3-6-15)13-16-8-9-17(20)11-16/h1-3,5-6,16-18,21H,4,7-14H2,(H,22,23)/t16?,17?,18-,20?/m0/s1. The summed E-state index contributed by atoms with van der Waals surface area (Å²) in [7, 11) is 0. The maximum Gasteiger partial charge on any atom is 0.227 e. The summed E-state index contributed by atoms with van der Waals surface area (Å²) in [6, 6.07) is 10.9. The van der Waals surface area contributed by atoms with E-state index in [1.165, 1.54) is 31.2 Å². The molecule has 3 heteroatoms. The molecule has 23 heavy (non-hydrogen) atoms. The first kappa shape index (κ1) is 15.2. The van der Waals surface area contributed by atoms with Crippen molar-refractivity contribution in [2.75, 3.05) is 13.1 Å². The molecule has 2 N–H and O–H groups in total. The highest BCUT2D eigenvalue weighted by molar-refractivity contribution is 5.84. The van der Waals surface area contributed by atoms with Crippen LogP contribution in [0.4, 0.5) is 0 Å². The molecule has 2 bridgehead atoms. The van der Waals surface area contributed by atoms with Gasteiger partial charge in [-0.05, 0) is 62.5 Å². The van der Waals surface area contributed by atoms with Gasteiger partial charge in [-0.15, -0.1) is 0 Å². The molecule has 0 spiro atoms. The van der Waals surface area contributed by atoms with Gasteiger partial charge in [0, 0.05) is 12.6 Å². The van der Waals surface area contributed by atoms with Crippen molar-refractivity contribution < 1.29 is 4.79 Å². The van der Waals surface area contributed by atoms with Crippen LogP contribution in [0.2, 0.25) is 0 Å². The van der Waals surface area contributed by atoms with Gasteiger partial charge in [-0.1, -0.05) is 36.8 Å². The quantitative estimate of drug-likeness (QED) is 0.897. The second kappa shape index (κ2) is 6.27. The van der Waals surface area contributed by atoms with Crippen LogP contribution in [-0.2, 0) is 11.2 Å². The van der Waals surface area contributed by atoms with Gasteiger partial charge in [0.1, 0.15) is 0 Å². The minimum atomic E-state index is -0.151. The number of fused-ring (bicyclic) bond motifs is 2. The van der Waals surface area contributed by atoms with Crippen LogP contribution in [0.3, 0.4) is 0 Å². The minimum Gasteiger partial charge on any atom is -0.352 e. The van der Waals surface area contributed by atoms with E-state index in [2.05, 4.69) is 41.0 Å². The molecule has 2 saturated carbocycles. The lowest BCUT2D eigenvalue weighted by Crippen LogP contribution is -2.53. The van der Waals surface area contributed by atoms with E-state index in [1.807, 2.05) is 0 Å². The number of piperidine rings is 1. The summed E-state index contributed by atoms with van der Waals surface area (Å²) in [6.45, 7) is 2.02. The van der Waals surface area contributed by atoms with E-state index in [0.717, 1.165) is 38.3 Å². The van der Waals surface area contributed by atoms with E-state index in [1.54, 1.807) is 0 Å². The molecule has 1 saturated heterocycles. The van der Waals surface area contributed by atoms with Crippen molar-refractivity contribution in [1.29, 1.82) is 0 Å². The topological polar surface area (TPSA) is 41.1 Å². The number of carbonyl (C=O) groups excluding carboxylic acids is 1. The third kappa shape index (κ3) is 2.91. The highest BCUT2D eigenvalue weighted by Gasteiger charge is 2.55. The third-order valence-electron chi connectivity index (χ3n) is 6.42. The number of benzene rings is 1. The van der Waals surface area contributed by atoms with Crippen molar-refractivity contribution in [3.63, 3.8) is 0 Å². The monoisotopic (exact) mass is 312 g/mol. The zero-order valence-corrected chi connectivity index (χ0v) is 13.9. The zero-order chi connectivity index (χ0) is 15.7. The molecule has 3 aliphatic rings. The Hall–Kier alpha value is -1.35. The molecule has 1 amide bonds. The predicted molar refractivity (Wildman–Crippen MR) is 92.1 cm³/mol. The number of hydrogen-bond acceptors (Lipinski definition) is 2. The molecule has 124 valence electrons. The summed E-state index contributed by atoms with van der Waals surface area (Å²) < 4.78 is 0. The smallest absolute Gasteiger partial charge is 0.227 e. The van der Waals surface area contributed by atoms with Gasteiger partial charge in [0.25, 0.3) is 0 Å². The van der Waals surface area contributed by atoms with Gasteiger partial charge in [0.15, 0.2) is 0 Å². The fraction of sp³-hybridized carbons (Fsp3) is 0.650. The number of carbonyl (C=O) groups is 1. The van der Waals surface area contributed by atoms with E-state index >= 15 is 0 Å². The third-order valence-corrected chi connectivity index (χ3v) is 6.42. The highest BCUT2D eigenvalue weighted by Crippen LogP contribution is 2.57. The molecule has 3 nitrogen and oxygen atoms in total. The minimum absolute atomic E-state index is 0.151. The van der Waals surface area contributed by atoms with Crippen molar-refractivity contribution in [2.45, 2.75) is 51.0 Å². The first-order valence-corrected chi connectivity index (χ1v) is 9.32. The van der Waals surface area contributed by atoms with Crippen LogP contribution < -0.4 is 10.6 Å². The van der Waals surface area contributed by atoms with E-state index < -0.39 is 0 Å².